The number of esters is 4. The van der Waals surface area contributed by atoms with Crippen LogP contribution in [0.4, 0.5) is 0 Å². The van der Waals surface area contributed by atoms with E-state index in [4.69, 9.17) is 38.6 Å². The fraction of sp³-hybridized carbons (Fsp3) is 0.390. The number of methoxy groups -OCH3 is 1. The molecule has 1 N–H and O–H groups in total. The van der Waals surface area contributed by atoms with Crippen molar-refractivity contribution in [2.75, 3.05) is 33.3 Å². The van der Waals surface area contributed by atoms with Crippen LogP contribution in [-0.2, 0) is 42.9 Å². The topological polar surface area (TPSA) is 173 Å². The molecule has 2 saturated heterocycles. The molecule has 0 radical (unpaired) electrons. The Balaban J connectivity index is 1.34. The molecule has 2 fully saturated rings. The first-order valence-electron chi connectivity index (χ1n) is 19.8. The third kappa shape index (κ3) is 9.46. The Morgan fingerprint density at radius 3 is 2.09 bits per heavy atom. The van der Waals surface area contributed by atoms with Crippen LogP contribution in [0.1, 0.15) is 61.4 Å². The highest BCUT2D eigenvalue weighted by Crippen LogP contribution is 2.42. The Bertz CT molecular complexity index is 2240. The molecular weight excluding hydrogens is 747 g/mol. The summed E-state index contributed by atoms with van der Waals surface area (Å²) in [7, 11) is 1.07. The quantitative estimate of drug-likeness (QED) is 0.103. The summed E-state index contributed by atoms with van der Waals surface area (Å²) in [5, 5.41) is 10.5. The summed E-state index contributed by atoms with van der Waals surface area (Å²) >= 11 is 1.22. The van der Waals surface area contributed by atoms with E-state index in [1.807, 2.05) is 0 Å². The number of benzene rings is 3. The largest absolute Gasteiger partial charge is 0.508 e. The van der Waals surface area contributed by atoms with Gasteiger partial charge in [-0.3, -0.25) is 24.1 Å². The first-order valence-corrected chi connectivity index (χ1v) is 18.6. The molecule has 0 spiro atoms. The van der Waals surface area contributed by atoms with Gasteiger partial charge < -0.3 is 38.3 Å². The number of aromatic hydroxyl groups is 1. The lowest BCUT2D eigenvalue weighted by molar-refractivity contribution is -0.282. The van der Waals surface area contributed by atoms with Crippen molar-refractivity contribution >= 4 is 51.1 Å². The minimum atomic E-state index is -2.71. The monoisotopic (exact) mass is 793 g/mol. The number of thiophene rings is 1. The molecule has 2 aliphatic heterocycles. The predicted octanol–water partition coefficient (Wildman–Crippen LogP) is 5.44. The first-order chi connectivity index (χ1) is 28.4. The average Bonchev–Trinajstić information content (AvgIpc) is 3.58. The lowest BCUT2D eigenvalue weighted by Gasteiger charge is -2.43. The minimum Gasteiger partial charge on any atom is -0.508 e. The van der Waals surface area contributed by atoms with E-state index in [0.717, 1.165) is 47.1 Å². The highest BCUT2D eigenvalue weighted by molar-refractivity contribution is 7.22. The summed E-state index contributed by atoms with van der Waals surface area (Å²) in [6.07, 6.45) is -5.55. The van der Waals surface area contributed by atoms with Crippen molar-refractivity contribution in [1.29, 1.82) is 0 Å². The second-order valence-corrected chi connectivity index (χ2v) is 14.1. The van der Waals surface area contributed by atoms with Crippen LogP contribution in [0.25, 0.3) is 20.5 Å². The zero-order chi connectivity index (χ0) is 43.5. The van der Waals surface area contributed by atoms with Crippen molar-refractivity contribution in [1.82, 2.24) is 4.90 Å². The molecule has 1 aromatic heterocycles. The van der Waals surface area contributed by atoms with Gasteiger partial charge in [-0.2, -0.15) is 0 Å². The van der Waals surface area contributed by atoms with Crippen molar-refractivity contribution in [3.8, 4) is 27.7 Å². The number of ether oxygens (including phenoxy) is 7. The molecule has 3 aromatic carbocycles. The van der Waals surface area contributed by atoms with Crippen LogP contribution in [0.3, 0.4) is 0 Å². The Morgan fingerprint density at radius 1 is 0.821 bits per heavy atom. The number of piperidine rings is 1. The van der Waals surface area contributed by atoms with Gasteiger partial charge in [0.05, 0.1) is 9.85 Å². The molecule has 15 heteroatoms. The Morgan fingerprint density at radius 2 is 1.45 bits per heavy atom. The van der Waals surface area contributed by atoms with Crippen molar-refractivity contribution < 1.29 is 67.7 Å². The zero-order valence-corrected chi connectivity index (χ0v) is 31.8. The van der Waals surface area contributed by atoms with E-state index in [2.05, 4.69) is 0 Å². The molecule has 296 valence electrons. The third-order valence-corrected chi connectivity index (χ3v) is 10.2. The Kier molecular flexibility index (Phi) is 11.2. The summed E-state index contributed by atoms with van der Waals surface area (Å²) in [6, 6.07) is 16.6. The van der Waals surface area contributed by atoms with E-state index in [9.17, 15) is 29.1 Å². The molecule has 6 rings (SSSR count). The van der Waals surface area contributed by atoms with Crippen LogP contribution >= 0.6 is 11.3 Å². The fourth-order valence-electron chi connectivity index (χ4n) is 6.47. The third-order valence-electron chi connectivity index (χ3n) is 8.95. The Labute approximate surface area is 332 Å². The van der Waals surface area contributed by atoms with Gasteiger partial charge in [-0.15, -0.1) is 11.3 Å². The van der Waals surface area contributed by atoms with Crippen LogP contribution in [0, 0.1) is 0 Å². The number of phenols is 1. The highest BCUT2D eigenvalue weighted by atomic mass is 32.1. The van der Waals surface area contributed by atoms with Crippen LogP contribution < -0.4 is 9.47 Å². The highest BCUT2D eigenvalue weighted by Gasteiger charge is 2.56. The van der Waals surface area contributed by atoms with Crippen molar-refractivity contribution in [3.63, 3.8) is 0 Å². The molecule has 5 unspecified atom stereocenters. The fourth-order valence-corrected chi connectivity index (χ4v) is 7.70. The van der Waals surface area contributed by atoms with Gasteiger partial charge in [-0.05, 0) is 98.2 Å². The zero-order valence-electron chi connectivity index (χ0n) is 35.0. The van der Waals surface area contributed by atoms with Gasteiger partial charge in [0, 0.05) is 56.1 Å². The van der Waals surface area contributed by atoms with Gasteiger partial charge in [0.25, 0.3) is 0 Å². The number of fused-ring (bicyclic) bond motifs is 1. The van der Waals surface area contributed by atoms with Crippen molar-refractivity contribution in [2.45, 2.75) is 70.7 Å². The number of phenolic OH excluding ortho intramolecular Hbond substituents is 1. The molecule has 5 atom stereocenters. The molecule has 14 nitrogen and oxygen atoms in total. The molecular formula is C41H43NO13S. The van der Waals surface area contributed by atoms with Gasteiger partial charge in [0.2, 0.25) is 12.4 Å². The molecule has 0 saturated carbocycles. The van der Waals surface area contributed by atoms with E-state index >= 15 is 0 Å². The molecule has 4 aromatic rings. The lowest BCUT2D eigenvalue weighted by Crippen LogP contribution is -2.64. The number of ketones is 1. The second kappa shape index (κ2) is 18.0. The van der Waals surface area contributed by atoms with Crippen molar-refractivity contribution in [2.24, 2.45) is 0 Å². The van der Waals surface area contributed by atoms with E-state index in [1.54, 1.807) is 24.3 Å². The number of hydrogen-bond acceptors (Lipinski definition) is 15. The van der Waals surface area contributed by atoms with E-state index < -0.39 is 73.4 Å². The molecule has 3 heterocycles. The molecule has 0 amide bonds. The maximum atomic E-state index is 14.4. The number of carbonyl (C=O) groups is 5. The maximum absolute atomic E-state index is 14.4. The van der Waals surface area contributed by atoms with E-state index in [0.29, 0.717) is 33.6 Å². The SMILES string of the molecule is [2H]C([2H])(Oc1ccc(C(=O)c2c(-c3ccc(O)cc3)sc3cc(OC4OC(C(=O)OC)C(OC(C)=O)C(OC(C)=O)C4OC(C)=O)ccc23)cc1)C([2H])([2H])N1CCCCC1. The maximum Gasteiger partial charge on any atom is 0.339 e. The van der Waals surface area contributed by atoms with E-state index in [1.165, 1.54) is 58.7 Å². The van der Waals surface area contributed by atoms with Crippen LogP contribution in [0.2, 0.25) is 0 Å². The second-order valence-electron chi connectivity index (χ2n) is 13.0. The summed E-state index contributed by atoms with van der Waals surface area (Å²) in [5.41, 5.74) is 1.10. The molecule has 2 aliphatic rings. The van der Waals surface area contributed by atoms with Gasteiger partial charge in [-0.25, -0.2) is 4.79 Å². The predicted molar refractivity (Wildman–Crippen MR) is 203 cm³/mol. The number of rotatable bonds is 13. The summed E-state index contributed by atoms with van der Waals surface area (Å²) in [6.45, 7) is -1.09. The number of nitrogens with zero attached hydrogens (tertiary/aromatic N) is 1. The average molecular weight is 794 g/mol. The Hall–Kier alpha value is -5.51. The number of carbonyl (C=O) groups excluding carboxylic acids is 5. The summed E-state index contributed by atoms with van der Waals surface area (Å²) in [5.74, 6) is -3.81. The molecule has 0 bridgehead atoms. The first kappa shape index (κ1) is 34.9. The summed E-state index contributed by atoms with van der Waals surface area (Å²) in [4.78, 5) is 65.9. The van der Waals surface area contributed by atoms with E-state index in [-0.39, 0.29) is 28.4 Å². The van der Waals surface area contributed by atoms with Crippen LogP contribution in [0.15, 0.2) is 66.7 Å². The standard InChI is InChI=1S/C41H43NO13S/c1-23(43)51-35-36(52-24(2)44)38(53-25(3)45)41(55-37(35)40(48)49-4)54-30-16-17-31-32(22-30)56-39(27-8-12-28(46)13-9-27)33(31)34(47)26-10-14-29(15-11-26)50-21-20-42-18-6-5-7-19-42/h8-17,22,35-38,41,46H,5-7,18-21H2,1-4H3/i20D2,21D2. The van der Waals surface area contributed by atoms with Gasteiger partial charge in [0.1, 0.15) is 23.8 Å². The van der Waals surface area contributed by atoms with Gasteiger partial charge in [-0.1, -0.05) is 6.42 Å². The summed E-state index contributed by atoms with van der Waals surface area (Å²) < 4.78 is 73.3. The van der Waals surface area contributed by atoms with Gasteiger partial charge in [0.15, 0.2) is 24.1 Å². The van der Waals surface area contributed by atoms with Crippen molar-refractivity contribution in [3.05, 3.63) is 77.9 Å². The normalized spacial score (nSPS) is 22.7. The lowest BCUT2D eigenvalue weighted by atomic mass is 9.97. The molecule has 56 heavy (non-hydrogen) atoms. The minimum absolute atomic E-state index is 0.00612. The van der Waals surface area contributed by atoms with Crippen LogP contribution in [0.5, 0.6) is 17.2 Å². The van der Waals surface area contributed by atoms with Crippen LogP contribution in [-0.4, -0.2) is 104 Å². The number of likely N-dealkylation sites (tertiary alicyclic amines) is 1. The smallest absolute Gasteiger partial charge is 0.339 e. The van der Waals surface area contributed by atoms with Gasteiger partial charge >= 0.3 is 23.9 Å². The molecule has 0 aliphatic carbocycles. The number of hydrogen-bond donors (Lipinski definition) is 1.